The Morgan fingerprint density at radius 3 is 2.06 bits per heavy atom. The second-order valence-electron chi connectivity index (χ2n) is 16.7. The summed E-state index contributed by atoms with van der Waals surface area (Å²) in [6.45, 7) is 22.8. The van der Waals surface area contributed by atoms with Crippen LogP contribution in [0, 0.1) is 11.8 Å². The van der Waals surface area contributed by atoms with Crippen LogP contribution >= 0.6 is 0 Å². The summed E-state index contributed by atoms with van der Waals surface area (Å²) >= 11 is 0. The van der Waals surface area contributed by atoms with Crippen LogP contribution in [-0.2, 0) is 31.2 Å². The Hall–Kier alpha value is -2.85. The van der Waals surface area contributed by atoms with E-state index in [-0.39, 0.29) is 45.9 Å². The quantitative estimate of drug-likeness (QED) is 0.108. The van der Waals surface area contributed by atoms with Crippen molar-refractivity contribution in [2.24, 2.45) is 11.8 Å². The molecule has 0 saturated heterocycles. The number of ketones is 1. The van der Waals surface area contributed by atoms with Gasteiger partial charge in [-0.15, -0.1) is 0 Å². The molecular weight excluding hydrogens is 629 g/mol. The van der Waals surface area contributed by atoms with Gasteiger partial charge in [0.05, 0.1) is 24.9 Å². The number of Topliss-reactive ketones (excluding diaryl/α,β-unsaturated/α-hetero) is 1. The molecule has 260 valence electrons. The van der Waals surface area contributed by atoms with E-state index >= 15 is 0 Å². The number of esters is 1. The number of carbonyl (C=O) groups is 2. The predicted molar refractivity (Wildman–Crippen MR) is 204 cm³/mol. The zero-order valence-corrected chi connectivity index (χ0v) is 33.2. The van der Waals surface area contributed by atoms with Crippen molar-refractivity contribution in [2.75, 3.05) is 7.11 Å². The molecular formula is C41H58O5Si2. The standard InChI is InChI=1S/C41H58O5Si2/c1-40(2,3)47(8,9)45-34(27-30-18-20-31-14-12-13-15-33(31)26-30)23-25-36-35(24-19-29-16-21-32(22-17-29)39(43)44-7)37(42)28-38(36)46-48(10,11)41(4,5)6/h12-18,20-23,25-26,34-36,38H,19,24,27-28H2,1-11H3/t34?,35-,36+,38-/m1/s1. The van der Waals surface area contributed by atoms with E-state index in [0.717, 1.165) is 24.8 Å². The van der Waals surface area contributed by atoms with Crippen LogP contribution in [0.5, 0.6) is 0 Å². The Morgan fingerprint density at radius 2 is 1.46 bits per heavy atom. The fourth-order valence-corrected chi connectivity index (χ4v) is 8.67. The van der Waals surface area contributed by atoms with E-state index < -0.39 is 16.6 Å². The zero-order valence-electron chi connectivity index (χ0n) is 31.2. The van der Waals surface area contributed by atoms with Crippen LogP contribution in [0.25, 0.3) is 10.8 Å². The van der Waals surface area contributed by atoms with Gasteiger partial charge in [0, 0.05) is 24.7 Å². The summed E-state index contributed by atoms with van der Waals surface area (Å²) in [5.41, 5.74) is 2.87. The first-order chi connectivity index (χ1) is 22.3. The van der Waals surface area contributed by atoms with Gasteiger partial charge in [-0.25, -0.2) is 4.79 Å². The minimum atomic E-state index is -2.14. The van der Waals surface area contributed by atoms with E-state index in [1.807, 2.05) is 12.1 Å². The number of rotatable bonds is 12. The summed E-state index contributed by atoms with van der Waals surface area (Å²) in [5, 5.41) is 2.56. The molecule has 0 N–H and O–H groups in total. The number of hydrogen-bond donors (Lipinski definition) is 0. The molecule has 48 heavy (non-hydrogen) atoms. The summed E-state index contributed by atoms with van der Waals surface area (Å²) in [5.74, 6) is -0.258. The molecule has 0 radical (unpaired) electrons. The molecule has 0 spiro atoms. The maximum Gasteiger partial charge on any atom is 0.337 e. The van der Waals surface area contributed by atoms with Crippen molar-refractivity contribution in [3.05, 3.63) is 95.6 Å². The van der Waals surface area contributed by atoms with Gasteiger partial charge in [-0.2, -0.15) is 0 Å². The van der Waals surface area contributed by atoms with Gasteiger partial charge >= 0.3 is 5.97 Å². The number of benzene rings is 3. The highest BCUT2D eigenvalue weighted by Crippen LogP contribution is 2.43. The Balaban J connectivity index is 1.66. The summed E-state index contributed by atoms with van der Waals surface area (Å²) in [6, 6.07) is 22.7. The minimum Gasteiger partial charge on any atom is -0.465 e. The van der Waals surface area contributed by atoms with Crippen molar-refractivity contribution >= 4 is 39.2 Å². The van der Waals surface area contributed by atoms with Gasteiger partial charge < -0.3 is 13.6 Å². The van der Waals surface area contributed by atoms with Gasteiger partial charge in [-0.05, 0) is 83.1 Å². The summed E-state index contributed by atoms with van der Waals surface area (Å²) < 4.78 is 19.0. The molecule has 3 aromatic carbocycles. The average molecular weight is 687 g/mol. The van der Waals surface area contributed by atoms with E-state index in [9.17, 15) is 9.59 Å². The van der Waals surface area contributed by atoms with Crippen molar-refractivity contribution in [1.82, 2.24) is 0 Å². The molecule has 0 heterocycles. The number of hydrogen-bond acceptors (Lipinski definition) is 5. The fourth-order valence-electron chi connectivity index (χ4n) is 6.05. The third kappa shape index (κ3) is 9.23. The first-order valence-corrected chi connectivity index (χ1v) is 23.3. The molecule has 7 heteroatoms. The summed E-state index contributed by atoms with van der Waals surface area (Å²) in [7, 11) is -2.86. The molecule has 1 aliphatic rings. The third-order valence-corrected chi connectivity index (χ3v) is 20.1. The van der Waals surface area contributed by atoms with Gasteiger partial charge in [0.1, 0.15) is 5.78 Å². The second kappa shape index (κ2) is 15.0. The van der Waals surface area contributed by atoms with Gasteiger partial charge in [0.25, 0.3) is 0 Å². The lowest BCUT2D eigenvalue weighted by atomic mass is 9.88. The van der Waals surface area contributed by atoms with Gasteiger partial charge in [-0.1, -0.05) is 108 Å². The van der Waals surface area contributed by atoms with Crippen LogP contribution in [-0.4, -0.2) is 47.7 Å². The first kappa shape index (κ1) is 38.0. The summed E-state index contributed by atoms with van der Waals surface area (Å²) in [4.78, 5) is 25.7. The van der Waals surface area contributed by atoms with Crippen molar-refractivity contribution in [3.8, 4) is 0 Å². The van der Waals surface area contributed by atoms with E-state index in [2.05, 4.69) is 122 Å². The lowest BCUT2D eigenvalue weighted by Gasteiger charge is -2.40. The Bertz CT molecular complexity index is 1590. The molecule has 0 amide bonds. The van der Waals surface area contributed by atoms with Gasteiger partial charge in [0.15, 0.2) is 16.6 Å². The van der Waals surface area contributed by atoms with Gasteiger partial charge in [0.2, 0.25) is 0 Å². The van der Waals surface area contributed by atoms with Crippen LogP contribution in [0.3, 0.4) is 0 Å². The molecule has 4 rings (SSSR count). The van der Waals surface area contributed by atoms with Crippen LogP contribution in [0.4, 0.5) is 0 Å². The lowest BCUT2D eigenvalue weighted by molar-refractivity contribution is -0.121. The maximum atomic E-state index is 13.8. The summed E-state index contributed by atoms with van der Waals surface area (Å²) in [6.07, 6.45) is 6.91. The molecule has 5 nitrogen and oxygen atoms in total. The second-order valence-corrected chi connectivity index (χ2v) is 26.2. The average Bonchev–Trinajstić information content (AvgIpc) is 3.29. The van der Waals surface area contributed by atoms with E-state index in [4.69, 9.17) is 13.6 Å². The molecule has 1 saturated carbocycles. The molecule has 0 aromatic heterocycles. The third-order valence-electron chi connectivity index (χ3n) is 11.1. The molecule has 0 aliphatic heterocycles. The van der Waals surface area contributed by atoms with E-state index in [1.165, 1.54) is 23.4 Å². The molecule has 3 aromatic rings. The van der Waals surface area contributed by atoms with Crippen LogP contribution in [0.1, 0.15) is 75.9 Å². The largest absolute Gasteiger partial charge is 0.465 e. The minimum absolute atomic E-state index is 0.0356. The number of carbonyl (C=O) groups excluding carboxylic acids is 2. The lowest BCUT2D eigenvalue weighted by Crippen LogP contribution is -2.45. The number of fused-ring (bicyclic) bond motifs is 1. The predicted octanol–water partition coefficient (Wildman–Crippen LogP) is 10.3. The highest BCUT2D eigenvalue weighted by molar-refractivity contribution is 6.74. The van der Waals surface area contributed by atoms with Crippen LogP contribution in [0.15, 0.2) is 78.9 Å². The van der Waals surface area contributed by atoms with E-state index in [1.54, 1.807) is 12.1 Å². The molecule has 1 aliphatic carbocycles. The normalized spacial score (nSPS) is 20.1. The van der Waals surface area contributed by atoms with Crippen LogP contribution < -0.4 is 0 Å². The fraction of sp³-hybridized carbons (Fsp3) is 0.512. The molecule has 1 unspecified atom stereocenters. The van der Waals surface area contributed by atoms with Crippen LogP contribution in [0.2, 0.25) is 36.3 Å². The highest BCUT2D eigenvalue weighted by atomic mass is 28.4. The zero-order chi connectivity index (χ0) is 35.5. The first-order valence-electron chi connectivity index (χ1n) is 17.5. The molecule has 4 atom stereocenters. The molecule has 1 fully saturated rings. The number of ether oxygens (including phenoxy) is 1. The van der Waals surface area contributed by atoms with Crippen molar-refractivity contribution in [1.29, 1.82) is 0 Å². The monoisotopic (exact) mass is 686 g/mol. The number of methoxy groups -OCH3 is 1. The Kier molecular flexibility index (Phi) is 11.8. The highest BCUT2D eigenvalue weighted by Gasteiger charge is 2.47. The Morgan fingerprint density at radius 1 is 0.854 bits per heavy atom. The van der Waals surface area contributed by atoms with E-state index in [0.29, 0.717) is 12.0 Å². The topological polar surface area (TPSA) is 61.8 Å². The van der Waals surface area contributed by atoms with Crippen molar-refractivity contribution < 1.29 is 23.2 Å². The van der Waals surface area contributed by atoms with Crippen molar-refractivity contribution in [3.63, 3.8) is 0 Å². The molecule has 0 bridgehead atoms. The Labute approximate surface area is 291 Å². The smallest absolute Gasteiger partial charge is 0.337 e. The maximum absolute atomic E-state index is 13.8. The van der Waals surface area contributed by atoms with Gasteiger partial charge in [-0.3, -0.25) is 4.79 Å². The SMILES string of the molecule is COC(=O)c1ccc(CC[C@H]2C(=O)C[C@@H](O[Si](C)(C)C(C)(C)C)[C@H]2C=CC(Cc2ccc3ccccc3c2)O[Si](C)(C)C(C)(C)C)cc1. The van der Waals surface area contributed by atoms with Crippen molar-refractivity contribution in [2.45, 2.75) is 116 Å². The number of aryl methyl sites for hydroxylation is 1.